The van der Waals surface area contributed by atoms with Gasteiger partial charge in [0.1, 0.15) is 6.61 Å². The number of aromatic nitrogens is 1. The molecule has 1 aromatic rings. The van der Waals surface area contributed by atoms with Crippen molar-refractivity contribution in [3.05, 3.63) is 24.0 Å². The zero-order chi connectivity index (χ0) is 12.5. The minimum atomic E-state index is -0.274. The molecule has 1 aromatic heterocycles. The van der Waals surface area contributed by atoms with E-state index in [0.717, 1.165) is 5.69 Å². The average Bonchev–Trinajstić information content (AvgIpc) is 2.86. The lowest BCUT2D eigenvalue weighted by Crippen LogP contribution is -2.17. The second kappa shape index (κ2) is 7.86. The van der Waals surface area contributed by atoms with E-state index in [0.29, 0.717) is 19.8 Å². The molecule has 0 saturated carbocycles. The maximum atomic E-state index is 11.6. The van der Waals surface area contributed by atoms with Gasteiger partial charge in [-0.1, -0.05) is 0 Å². The average molecular weight is 241 g/mol. The van der Waals surface area contributed by atoms with Gasteiger partial charge in [-0.05, 0) is 19.1 Å². The summed E-state index contributed by atoms with van der Waals surface area (Å²) in [7, 11) is 1.61. The van der Waals surface area contributed by atoms with Gasteiger partial charge in [-0.15, -0.1) is 0 Å². The summed E-state index contributed by atoms with van der Waals surface area (Å²) in [6.45, 7) is 3.53. The smallest absolute Gasteiger partial charge is 0.314 e. The lowest BCUT2D eigenvalue weighted by molar-refractivity contribution is -0.146. The Kier molecular flexibility index (Phi) is 6.35. The summed E-state index contributed by atoms with van der Waals surface area (Å²) < 4.78 is 15.1. The molecule has 0 fully saturated rings. The summed E-state index contributed by atoms with van der Waals surface area (Å²) in [6, 6.07) is 3.72. The minimum Gasteiger partial charge on any atom is -0.463 e. The molecule has 1 N–H and O–H groups in total. The second-order valence-corrected chi connectivity index (χ2v) is 3.62. The third-order valence-electron chi connectivity index (χ3n) is 2.35. The number of methoxy groups -OCH3 is 1. The van der Waals surface area contributed by atoms with Crippen molar-refractivity contribution >= 4 is 5.97 Å². The van der Waals surface area contributed by atoms with Gasteiger partial charge in [0.05, 0.1) is 25.7 Å². The largest absolute Gasteiger partial charge is 0.463 e. The third kappa shape index (κ3) is 5.01. The molecule has 0 amide bonds. The van der Waals surface area contributed by atoms with Crippen LogP contribution in [0.15, 0.2) is 18.3 Å². The second-order valence-electron chi connectivity index (χ2n) is 3.62. The highest BCUT2D eigenvalue weighted by molar-refractivity contribution is 5.77. The van der Waals surface area contributed by atoms with Crippen LogP contribution in [0, 0.1) is 0 Å². The molecule has 1 rings (SSSR count). The Balaban J connectivity index is 2.13. The molecule has 0 aliphatic rings. The molecule has 0 aromatic carbocycles. The fourth-order valence-corrected chi connectivity index (χ4v) is 1.31. The van der Waals surface area contributed by atoms with E-state index >= 15 is 0 Å². The first kappa shape index (κ1) is 13.7. The SMILES string of the molecule is COCCOCCOC(=O)C(C)c1ccc[nH]1. The predicted molar refractivity (Wildman–Crippen MR) is 62.9 cm³/mol. The third-order valence-corrected chi connectivity index (χ3v) is 2.35. The fourth-order valence-electron chi connectivity index (χ4n) is 1.31. The van der Waals surface area contributed by atoms with Crippen LogP contribution in [0.4, 0.5) is 0 Å². The van der Waals surface area contributed by atoms with Gasteiger partial charge < -0.3 is 19.2 Å². The van der Waals surface area contributed by atoms with Crippen molar-refractivity contribution in [3.63, 3.8) is 0 Å². The normalized spacial score (nSPS) is 12.4. The van der Waals surface area contributed by atoms with Crippen LogP contribution in [-0.4, -0.2) is 44.5 Å². The van der Waals surface area contributed by atoms with Crippen LogP contribution in [0.3, 0.4) is 0 Å². The van der Waals surface area contributed by atoms with E-state index in [1.165, 1.54) is 0 Å². The molecule has 5 heteroatoms. The van der Waals surface area contributed by atoms with Gasteiger partial charge in [0.15, 0.2) is 0 Å². The van der Waals surface area contributed by atoms with Crippen LogP contribution in [-0.2, 0) is 19.0 Å². The van der Waals surface area contributed by atoms with Crippen molar-refractivity contribution in [2.75, 3.05) is 33.5 Å². The van der Waals surface area contributed by atoms with Crippen LogP contribution in [0.5, 0.6) is 0 Å². The molecular weight excluding hydrogens is 222 g/mol. The number of carbonyl (C=O) groups excluding carboxylic acids is 1. The minimum absolute atomic E-state index is 0.247. The van der Waals surface area contributed by atoms with Gasteiger partial charge in [-0.25, -0.2) is 0 Å². The van der Waals surface area contributed by atoms with Crippen molar-refractivity contribution < 1.29 is 19.0 Å². The number of hydrogen-bond donors (Lipinski definition) is 1. The molecular formula is C12H19NO4. The number of nitrogens with one attached hydrogen (secondary N) is 1. The monoisotopic (exact) mass is 241 g/mol. The molecule has 0 saturated heterocycles. The highest BCUT2D eigenvalue weighted by atomic mass is 16.6. The Hall–Kier alpha value is -1.33. The van der Waals surface area contributed by atoms with Gasteiger partial charge in [0, 0.05) is 19.0 Å². The molecule has 1 unspecified atom stereocenters. The van der Waals surface area contributed by atoms with E-state index in [4.69, 9.17) is 14.2 Å². The molecule has 17 heavy (non-hydrogen) atoms. The van der Waals surface area contributed by atoms with Crippen LogP contribution in [0.25, 0.3) is 0 Å². The summed E-state index contributed by atoms with van der Waals surface area (Å²) >= 11 is 0. The highest BCUT2D eigenvalue weighted by Crippen LogP contribution is 2.13. The van der Waals surface area contributed by atoms with Crippen molar-refractivity contribution in [1.82, 2.24) is 4.98 Å². The van der Waals surface area contributed by atoms with Gasteiger partial charge in [-0.2, -0.15) is 0 Å². The molecule has 1 atom stereocenters. The quantitative estimate of drug-likeness (QED) is 0.551. The number of H-pyrrole nitrogens is 1. The van der Waals surface area contributed by atoms with E-state index < -0.39 is 0 Å². The first-order valence-electron chi connectivity index (χ1n) is 5.62. The number of esters is 1. The topological polar surface area (TPSA) is 60.6 Å². The summed E-state index contributed by atoms with van der Waals surface area (Å²) in [6.07, 6.45) is 1.78. The van der Waals surface area contributed by atoms with Crippen molar-refractivity contribution in [2.45, 2.75) is 12.8 Å². The van der Waals surface area contributed by atoms with Crippen molar-refractivity contribution in [3.8, 4) is 0 Å². The van der Waals surface area contributed by atoms with Crippen molar-refractivity contribution in [2.24, 2.45) is 0 Å². The molecule has 0 spiro atoms. The maximum Gasteiger partial charge on any atom is 0.314 e. The molecule has 0 aliphatic heterocycles. The Morgan fingerprint density at radius 3 is 2.76 bits per heavy atom. The summed E-state index contributed by atoms with van der Waals surface area (Å²) in [5.41, 5.74) is 0.857. The first-order valence-corrected chi connectivity index (χ1v) is 5.62. The standard InChI is InChI=1S/C12H19NO4/c1-10(11-4-3-5-13-11)12(14)17-9-8-16-7-6-15-2/h3-5,10,13H,6-9H2,1-2H3. The fraction of sp³-hybridized carbons (Fsp3) is 0.583. The van der Waals surface area contributed by atoms with E-state index in [1.54, 1.807) is 20.2 Å². The van der Waals surface area contributed by atoms with E-state index in [9.17, 15) is 4.79 Å². The predicted octanol–water partition coefficient (Wildman–Crippen LogP) is 1.32. The first-order chi connectivity index (χ1) is 8.25. The van der Waals surface area contributed by atoms with Gasteiger partial charge >= 0.3 is 5.97 Å². The van der Waals surface area contributed by atoms with Crippen molar-refractivity contribution in [1.29, 1.82) is 0 Å². The number of carbonyl (C=O) groups is 1. The van der Waals surface area contributed by atoms with Gasteiger partial charge in [0.25, 0.3) is 0 Å². The molecule has 0 bridgehead atoms. The van der Waals surface area contributed by atoms with Crippen LogP contribution in [0.1, 0.15) is 18.5 Å². The summed E-state index contributed by atoms with van der Waals surface area (Å²) in [5, 5.41) is 0. The molecule has 0 radical (unpaired) electrons. The summed E-state index contributed by atoms with van der Waals surface area (Å²) in [4.78, 5) is 14.6. The van der Waals surface area contributed by atoms with E-state index in [-0.39, 0.29) is 18.5 Å². The maximum absolute atomic E-state index is 11.6. The Morgan fingerprint density at radius 2 is 2.12 bits per heavy atom. The number of hydrogen-bond acceptors (Lipinski definition) is 4. The highest BCUT2D eigenvalue weighted by Gasteiger charge is 2.16. The number of rotatable bonds is 8. The zero-order valence-corrected chi connectivity index (χ0v) is 10.3. The van der Waals surface area contributed by atoms with Crippen LogP contribution < -0.4 is 0 Å². The zero-order valence-electron chi connectivity index (χ0n) is 10.3. The van der Waals surface area contributed by atoms with E-state index in [1.807, 2.05) is 12.1 Å². The van der Waals surface area contributed by atoms with Crippen LogP contribution in [0.2, 0.25) is 0 Å². The Bertz CT molecular complexity index is 310. The molecule has 0 aliphatic carbocycles. The molecule has 96 valence electrons. The van der Waals surface area contributed by atoms with Gasteiger partial charge in [0.2, 0.25) is 0 Å². The number of ether oxygens (including phenoxy) is 3. The summed E-state index contributed by atoms with van der Waals surface area (Å²) in [5.74, 6) is -0.522. The van der Waals surface area contributed by atoms with E-state index in [2.05, 4.69) is 4.98 Å². The lowest BCUT2D eigenvalue weighted by Gasteiger charge is -2.10. The molecule has 1 heterocycles. The lowest BCUT2D eigenvalue weighted by atomic mass is 10.1. The van der Waals surface area contributed by atoms with Gasteiger partial charge in [-0.3, -0.25) is 4.79 Å². The number of aromatic amines is 1. The van der Waals surface area contributed by atoms with Crippen LogP contribution >= 0.6 is 0 Å². The Morgan fingerprint density at radius 1 is 1.35 bits per heavy atom. The molecule has 5 nitrogen and oxygen atoms in total. The Labute approximate surface area is 101 Å².